The quantitative estimate of drug-likeness (QED) is 0.201. The lowest BCUT2D eigenvalue weighted by molar-refractivity contribution is -0.121. The highest BCUT2D eigenvalue weighted by atomic mass is 16.5. The Bertz CT molecular complexity index is 1100. The van der Waals surface area contributed by atoms with E-state index in [0.29, 0.717) is 25.3 Å². The third kappa shape index (κ3) is 10.3. The highest BCUT2D eigenvalue weighted by molar-refractivity contribution is 6.01. The molecular weight excluding hydrogens is 474 g/mol. The van der Waals surface area contributed by atoms with Crippen LogP contribution in [0.25, 0.3) is 0 Å². The van der Waals surface area contributed by atoms with Crippen molar-refractivity contribution in [3.8, 4) is 11.5 Å². The minimum absolute atomic E-state index is 0.0315. The number of aryl methyl sites for hydroxylation is 1. The first kappa shape index (κ1) is 28.8. The number of nitrogens with zero attached hydrogens (tertiary/aromatic N) is 1. The molecule has 0 radical (unpaired) electrons. The molecule has 0 bridgehead atoms. The van der Waals surface area contributed by atoms with Gasteiger partial charge in [-0.3, -0.25) is 9.69 Å². The van der Waals surface area contributed by atoms with E-state index in [0.717, 1.165) is 35.5 Å². The minimum atomic E-state index is -0.257. The molecular formula is C32H41N3O3. The molecule has 2 N–H and O–H groups in total. The van der Waals surface area contributed by atoms with Crippen LogP contribution in [0.5, 0.6) is 11.5 Å². The molecule has 0 saturated heterocycles. The summed E-state index contributed by atoms with van der Waals surface area (Å²) >= 11 is 0. The number of hydrogen-bond acceptors (Lipinski definition) is 3. The van der Waals surface area contributed by atoms with Gasteiger partial charge < -0.3 is 15.4 Å². The second-order valence-corrected chi connectivity index (χ2v) is 9.58. The van der Waals surface area contributed by atoms with E-state index in [1.165, 1.54) is 32.1 Å². The van der Waals surface area contributed by atoms with Gasteiger partial charge in [0.05, 0.1) is 0 Å². The van der Waals surface area contributed by atoms with Gasteiger partial charge in [0.1, 0.15) is 11.5 Å². The van der Waals surface area contributed by atoms with Crippen molar-refractivity contribution >= 4 is 23.3 Å². The first-order valence-electron chi connectivity index (χ1n) is 13.8. The number of amides is 3. The van der Waals surface area contributed by atoms with Crippen molar-refractivity contribution in [2.45, 2.75) is 65.2 Å². The van der Waals surface area contributed by atoms with Gasteiger partial charge in [-0.25, -0.2) is 4.79 Å². The molecule has 0 aliphatic carbocycles. The average Bonchev–Trinajstić information content (AvgIpc) is 2.93. The number of carbonyl (C=O) groups excluding carboxylic acids is 2. The van der Waals surface area contributed by atoms with Crippen molar-refractivity contribution in [3.05, 3.63) is 84.4 Å². The molecule has 202 valence electrons. The van der Waals surface area contributed by atoms with Gasteiger partial charge in [0, 0.05) is 30.9 Å². The number of nitrogens with one attached hydrogen (secondary N) is 2. The molecule has 0 heterocycles. The fourth-order valence-electron chi connectivity index (χ4n) is 4.13. The number of ether oxygens (including phenoxy) is 1. The summed E-state index contributed by atoms with van der Waals surface area (Å²) in [5.74, 6) is 1.46. The van der Waals surface area contributed by atoms with Crippen molar-refractivity contribution in [2.75, 3.05) is 23.3 Å². The number of rotatable bonds is 15. The fraction of sp³-hybridized carbons (Fsp3) is 0.375. The monoisotopic (exact) mass is 515 g/mol. The van der Waals surface area contributed by atoms with Crippen molar-refractivity contribution in [3.63, 3.8) is 0 Å². The lowest BCUT2D eigenvalue weighted by Crippen LogP contribution is -2.41. The van der Waals surface area contributed by atoms with Gasteiger partial charge in [-0.2, -0.15) is 0 Å². The molecule has 0 spiro atoms. The molecule has 6 nitrogen and oxygen atoms in total. The van der Waals surface area contributed by atoms with E-state index in [9.17, 15) is 9.59 Å². The van der Waals surface area contributed by atoms with Crippen LogP contribution in [0, 0.1) is 6.92 Å². The summed E-state index contributed by atoms with van der Waals surface area (Å²) in [5.41, 5.74) is 2.56. The Kier molecular flexibility index (Phi) is 12.2. The van der Waals surface area contributed by atoms with E-state index in [4.69, 9.17) is 4.74 Å². The van der Waals surface area contributed by atoms with Gasteiger partial charge in [0.2, 0.25) is 5.91 Å². The molecule has 3 aromatic carbocycles. The maximum absolute atomic E-state index is 13.2. The SMILES string of the molecule is CCCCCCCCCC(=O)NCCN(C(=O)Nc1ccc(C)cc1)c1ccc(Oc2ccccc2)cc1. The summed E-state index contributed by atoms with van der Waals surface area (Å²) in [6, 6.07) is 24.4. The molecule has 3 rings (SSSR count). The molecule has 38 heavy (non-hydrogen) atoms. The lowest BCUT2D eigenvalue weighted by Gasteiger charge is -2.24. The zero-order valence-corrected chi connectivity index (χ0v) is 22.7. The summed E-state index contributed by atoms with van der Waals surface area (Å²) in [4.78, 5) is 27.2. The van der Waals surface area contributed by atoms with Gasteiger partial charge in [-0.05, 0) is 61.9 Å². The summed E-state index contributed by atoms with van der Waals surface area (Å²) < 4.78 is 5.89. The van der Waals surface area contributed by atoms with Crippen LogP contribution >= 0.6 is 0 Å². The molecule has 0 saturated carbocycles. The number of benzene rings is 3. The number of unbranched alkanes of at least 4 members (excludes halogenated alkanes) is 6. The zero-order chi connectivity index (χ0) is 27.0. The van der Waals surface area contributed by atoms with Crippen LogP contribution < -0.4 is 20.3 Å². The third-order valence-electron chi connectivity index (χ3n) is 6.34. The Morgan fingerprint density at radius 3 is 2.08 bits per heavy atom. The van der Waals surface area contributed by atoms with Gasteiger partial charge >= 0.3 is 6.03 Å². The van der Waals surface area contributed by atoms with E-state index in [1.54, 1.807) is 4.90 Å². The number of hydrogen-bond donors (Lipinski definition) is 2. The van der Waals surface area contributed by atoms with E-state index in [2.05, 4.69) is 17.6 Å². The number of anilines is 2. The Balaban J connectivity index is 1.56. The third-order valence-corrected chi connectivity index (χ3v) is 6.34. The molecule has 0 unspecified atom stereocenters. The van der Waals surface area contributed by atoms with Crippen molar-refractivity contribution in [1.29, 1.82) is 0 Å². The van der Waals surface area contributed by atoms with Gasteiger partial charge in [-0.1, -0.05) is 81.3 Å². The van der Waals surface area contributed by atoms with Crippen LogP contribution in [-0.2, 0) is 4.79 Å². The standard InChI is InChI=1S/C32H41N3O3/c1-3-4-5-6-7-8-12-15-31(36)33-24-25-35(32(37)34-27-18-16-26(2)17-19-27)28-20-22-30(23-21-28)38-29-13-10-9-11-14-29/h9-11,13-14,16-23H,3-8,12,15,24-25H2,1-2H3,(H,33,36)(H,34,37). The zero-order valence-electron chi connectivity index (χ0n) is 22.7. The first-order chi connectivity index (χ1) is 18.5. The Hall–Kier alpha value is -3.80. The van der Waals surface area contributed by atoms with Gasteiger partial charge in [0.15, 0.2) is 0 Å². The van der Waals surface area contributed by atoms with Crippen molar-refractivity contribution < 1.29 is 14.3 Å². The summed E-state index contributed by atoms with van der Waals surface area (Å²) in [6.45, 7) is 4.94. The number of urea groups is 1. The fourth-order valence-corrected chi connectivity index (χ4v) is 4.13. The van der Waals surface area contributed by atoms with Crippen LogP contribution in [0.1, 0.15) is 63.9 Å². The van der Waals surface area contributed by atoms with Crippen LogP contribution in [0.15, 0.2) is 78.9 Å². The summed E-state index contributed by atoms with van der Waals surface area (Å²) in [7, 11) is 0. The highest BCUT2D eigenvalue weighted by Gasteiger charge is 2.17. The van der Waals surface area contributed by atoms with E-state index < -0.39 is 0 Å². The minimum Gasteiger partial charge on any atom is -0.457 e. The number of carbonyl (C=O) groups is 2. The topological polar surface area (TPSA) is 70.7 Å². The Labute approximate surface area is 227 Å². The normalized spacial score (nSPS) is 10.6. The number of para-hydroxylation sites is 1. The van der Waals surface area contributed by atoms with Crippen molar-refractivity contribution in [1.82, 2.24) is 5.32 Å². The van der Waals surface area contributed by atoms with Crippen LogP contribution in [0.2, 0.25) is 0 Å². The van der Waals surface area contributed by atoms with Crippen LogP contribution in [0.3, 0.4) is 0 Å². The van der Waals surface area contributed by atoms with Crippen LogP contribution in [-0.4, -0.2) is 25.0 Å². The van der Waals surface area contributed by atoms with Crippen LogP contribution in [0.4, 0.5) is 16.2 Å². The predicted octanol–water partition coefficient (Wildman–Crippen LogP) is 8.08. The average molecular weight is 516 g/mol. The molecule has 3 aromatic rings. The molecule has 0 aliphatic rings. The van der Waals surface area contributed by atoms with E-state index in [-0.39, 0.29) is 11.9 Å². The molecule has 0 aliphatic heterocycles. The molecule has 0 fully saturated rings. The Morgan fingerprint density at radius 1 is 0.763 bits per heavy atom. The first-order valence-corrected chi connectivity index (χ1v) is 13.8. The molecule has 0 atom stereocenters. The molecule has 0 aromatic heterocycles. The highest BCUT2D eigenvalue weighted by Crippen LogP contribution is 2.25. The maximum Gasteiger partial charge on any atom is 0.326 e. The van der Waals surface area contributed by atoms with Crippen molar-refractivity contribution in [2.24, 2.45) is 0 Å². The predicted molar refractivity (Wildman–Crippen MR) is 156 cm³/mol. The van der Waals surface area contributed by atoms with E-state index in [1.807, 2.05) is 85.8 Å². The van der Waals surface area contributed by atoms with Gasteiger partial charge in [0.25, 0.3) is 0 Å². The summed E-state index contributed by atoms with van der Waals surface area (Å²) in [5, 5.41) is 5.95. The second-order valence-electron chi connectivity index (χ2n) is 9.58. The molecule has 3 amide bonds. The van der Waals surface area contributed by atoms with E-state index >= 15 is 0 Å². The molecule has 6 heteroatoms. The van der Waals surface area contributed by atoms with Gasteiger partial charge in [-0.15, -0.1) is 0 Å². The smallest absolute Gasteiger partial charge is 0.326 e. The largest absolute Gasteiger partial charge is 0.457 e. The lowest BCUT2D eigenvalue weighted by atomic mass is 10.1. The maximum atomic E-state index is 13.2. The second kappa shape index (κ2) is 16.1. The Morgan fingerprint density at radius 2 is 1.39 bits per heavy atom. The summed E-state index contributed by atoms with van der Waals surface area (Å²) in [6.07, 6.45) is 8.75.